The van der Waals surface area contributed by atoms with Gasteiger partial charge in [-0.25, -0.2) is 9.59 Å². The minimum absolute atomic E-state index is 0.0373. The molecule has 0 aliphatic rings. The molecule has 0 radical (unpaired) electrons. The number of urea groups is 1. The first-order valence-corrected chi connectivity index (χ1v) is 8.59. The Morgan fingerprint density at radius 3 is 2.48 bits per heavy atom. The fourth-order valence-electron chi connectivity index (χ4n) is 2.23. The van der Waals surface area contributed by atoms with Crippen molar-refractivity contribution in [3.05, 3.63) is 80.9 Å². The summed E-state index contributed by atoms with van der Waals surface area (Å²) in [4.78, 5) is 46.2. The Labute approximate surface area is 170 Å². The van der Waals surface area contributed by atoms with Crippen LogP contribution in [0.2, 0.25) is 5.02 Å². The molecule has 2 aromatic rings. The highest BCUT2D eigenvalue weighted by Crippen LogP contribution is 2.25. The summed E-state index contributed by atoms with van der Waals surface area (Å²) in [5, 5.41) is 15.2. The molecule has 1 unspecified atom stereocenters. The molecule has 0 saturated carbocycles. The van der Waals surface area contributed by atoms with Crippen molar-refractivity contribution in [2.75, 3.05) is 7.05 Å². The van der Waals surface area contributed by atoms with E-state index in [1.807, 2.05) is 0 Å². The van der Waals surface area contributed by atoms with Gasteiger partial charge in [-0.2, -0.15) is 0 Å². The highest BCUT2D eigenvalue weighted by molar-refractivity contribution is 6.32. The fourth-order valence-corrected chi connectivity index (χ4v) is 2.42. The summed E-state index contributed by atoms with van der Waals surface area (Å²) in [5.41, 5.74) is 0.385. The molecule has 0 aliphatic heterocycles. The van der Waals surface area contributed by atoms with Crippen LogP contribution in [-0.2, 0) is 14.3 Å². The van der Waals surface area contributed by atoms with Crippen LogP contribution in [0, 0.1) is 10.1 Å². The Bertz CT molecular complexity index is 962. The molecule has 0 bridgehead atoms. The SMILES string of the molecule is CNC(=O)NC(=O)C(OC(=O)/C=C/c1ccc(Cl)c([N+](=O)[O-])c1)c1ccccc1. The van der Waals surface area contributed by atoms with E-state index in [4.69, 9.17) is 16.3 Å². The number of nitro groups is 1. The van der Waals surface area contributed by atoms with E-state index in [1.165, 1.54) is 31.3 Å². The van der Waals surface area contributed by atoms with Gasteiger partial charge in [0, 0.05) is 24.8 Å². The summed E-state index contributed by atoms with van der Waals surface area (Å²) in [6.07, 6.45) is 0.922. The van der Waals surface area contributed by atoms with Crippen molar-refractivity contribution >= 4 is 41.3 Å². The third kappa shape index (κ3) is 6.15. The highest BCUT2D eigenvalue weighted by atomic mass is 35.5. The third-order valence-corrected chi connectivity index (χ3v) is 3.94. The summed E-state index contributed by atoms with van der Waals surface area (Å²) >= 11 is 5.74. The summed E-state index contributed by atoms with van der Waals surface area (Å²) in [6.45, 7) is 0. The predicted molar refractivity (Wildman–Crippen MR) is 105 cm³/mol. The number of esters is 1. The molecule has 9 nitrogen and oxygen atoms in total. The Kier molecular flexibility index (Phi) is 7.44. The third-order valence-electron chi connectivity index (χ3n) is 3.62. The van der Waals surface area contributed by atoms with Crippen LogP contribution < -0.4 is 10.6 Å². The molecule has 3 amide bonds. The van der Waals surface area contributed by atoms with Gasteiger partial charge in [0.05, 0.1) is 4.92 Å². The first-order chi connectivity index (χ1) is 13.8. The second-order valence-corrected chi connectivity index (χ2v) is 6.00. The minimum Gasteiger partial charge on any atom is -0.444 e. The van der Waals surface area contributed by atoms with E-state index in [-0.39, 0.29) is 10.7 Å². The number of hydrogen-bond acceptors (Lipinski definition) is 6. The van der Waals surface area contributed by atoms with Crippen LogP contribution in [0.15, 0.2) is 54.6 Å². The minimum atomic E-state index is -1.37. The van der Waals surface area contributed by atoms with Crippen molar-refractivity contribution < 1.29 is 24.0 Å². The van der Waals surface area contributed by atoms with Gasteiger partial charge >= 0.3 is 12.0 Å². The molecule has 0 aliphatic carbocycles. The molecule has 0 saturated heterocycles. The molecule has 2 N–H and O–H groups in total. The lowest BCUT2D eigenvalue weighted by Gasteiger charge is -2.16. The van der Waals surface area contributed by atoms with Crippen LogP contribution in [-0.4, -0.2) is 29.9 Å². The number of rotatable bonds is 6. The molecule has 0 spiro atoms. The van der Waals surface area contributed by atoms with Crippen LogP contribution in [0.25, 0.3) is 6.08 Å². The largest absolute Gasteiger partial charge is 0.444 e. The predicted octanol–water partition coefficient (Wildman–Crippen LogP) is 3.00. The van der Waals surface area contributed by atoms with Gasteiger partial charge in [-0.3, -0.25) is 20.2 Å². The quantitative estimate of drug-likeness (QED) is 0.322. The van der Waals surface area contributed by atoms with Gasteiger partial charge < -0.3 is 10.1 Å². The van der Waals surface area contributed by atoms with Gasteiger partial charge in [0.2, 0.25) is 6.10 Å². The highest BCUT2D eigenvalue weighted by Gasteiger charge is 2.25. The Morgan fingerprint density at radius 2 is 1.86 bits per heavy atom. The van der Waals surface area contributed by atoms with Crippen molar-refractivity contribution in [1.82, 2.24) is 10.6 Å². The number of imide groups is 1. The van der Waals surface area contributed by atoms with Crippen molar-refractivity contribution in [2.45, 2.75) is 6.10 Å². The summed E-state index contributed by atoms with van der Waals surface area (Å²) < 4.78 is 5.19. The Balaban J connectivity index is 2.18. The molecule has 1 atom stereocenters. The fraction of sp³-hybridized carbons (Fsp3) is 0.105. The van der Waals surface area contributed by atoms with E-state index in [0.717, 1.165) is 6.08 Å². The zero-order valence-corrected chi connectivity index (χ0v) is 15.9. The number of hydrogen-bond donors (Lipinski definition) is 2. The second kappa shape index (κ2) is 10.00. The maximum absolute atomic E-state index is 12.3. The molecule has 10 heteroatoms. The first kappa shape index (κ1) is 21.6. The van der Waals surface area contributed by atoms with Crippen molar-refractivity contribution in [1.29, 1.82) is 0 Å². The van der Waals surface area contributed by atoms with Crippen LogP contribution >= 0.6 is 11.6 Å². The Hall–Kier alpha value is -3.72. The maximum Gasteiger partial charge on any atom is 0.331 e. The van der Waals surface area contributed by atoms with Gasteiger partial charge in [0.15, 0.2) is 0 Å². The van der Waals surface area contributed by atoms with Crippen LogP contribution in [0.4, 0.5) is 10.5 Å². The summed E-state index contributed by atoms with van der Waals surface area (Å²) in [7, 11) is 1.33. The number of carbonyl (C=O) groups excluding carboxylic acids is 3. The molecule has 0 aromatic heterocycles. The number of nitro benzene ring substituents is 1. The molecule has 0 fully saturated rings. The average molecular weight is 418 g/mol. The van der Waals surface area contributed by atoms with Gasteiger partial charge in [0.1, 0.15) is 5.02 Å². The molecular formula is C19H16ClN3O6. The van der Waals surface area contributed by atoms with Gasteiger partial charge in [-0.1, -0.05) is 48.0 Å². The van der Waals surface area contributed by atoms with Crippen LogP contribution in [0.5, 0.6) is 0 Å². The Morgan fingerprint density at radius 1 is 1.17 bits per heavy atom. The molecule has 2 rings (SSSR count). The van der Waals surface area contributed by atoms with Gasteiger partial charge in [-0.05, 0) is 17.7 Å². The van der Waals surface area contributed by atoms with E-state index in [1.54, 1.807) is 30.3 Å². The molecule has 150 valence electrons. The van der Waals surface area contributed by atoms with Crippen LogP contribution in [0.3, 0.4) is 0 Å². The number of benzene rings is 2. The molecule has 29 heavy (non-hydrogen) atoms. The number of carbonyl (C=O) groups is 3. The topological polar surface area (TPSA) is 128 Å². The zero-order valence-electron chi connectivity index (χ0n) is 15.1. The van der Waals surface area contributed by atoms with E-state index < -0.39 is 28.9 Å². The van der Waals surface area contributed by atoms with Crippen molar-refractivity contribution in [3.63, 3.8) is 0 Å². The first-order valence-electron chi connectivity index (χ1n) is 8.22. The molecule has 0 heterocycles. The van der Waals surface area contributed by atoms with E-state index >= 15 is 0 Å². The number of ether oxygens (including phenoxy) is 1. The zero-order chi connectivity index (χ0) is 21.4. The monoisotopic (exact) mass is 417 g/mol. The lowest BCUT2D eigenvalue weighted by Crippen LogP contribution is -2.41. The van der Waals surface area contributed by atoms with E-state index in [2.05, 4.69) is 10.6 Å². The van der Waals surface area contributed by atoms with Crippen molar-refractivity contribution in [3.8, 4) is 0 Å². The average Bonchev–Trinajstić information content (AvgIpc) is 2.71. The lowest BCUT2D eigenvalue weighted by molar-refractivity contribution is -0.384. The number of halogens is 1. The number of amides is 3. The van der Waals surface area contributed by atoms with Gasteiger partial charge in [0.25, 0.3) is 11.6 Å². The number of nitrogens with zero attached hydrogens (tertiary/aromatic N) is 1. The summed E-state index contributed by atoms with van der Waals surface area (Å²) in [5.74, 6) is -1.72. The van der Waals surface area contributed by atoms with Gasteiger partial charge in [-0.15, -0.1) is 0 Å². The number of nitrogens with one attached hydrogen (secondary N) is 2. The molecular weight excluding hydrogens is 402 g/mol. The second-order valence-electron chi connectivity index (χ2n) is 5.60. The van der Waals surface area contributed by atoms with E-state index in [0.29, 0.717) is 11.1 Å². The standard InChI is InChI=1S/C19H16ClN3O6/c1-21-19(26)22-18(25)17(13-5-3-2-4-6-13)29-16(24)10-8-12-7-9-14(20)15(11-12)23(27)28/h2-11,17H,1H3,(H2,21,22,25,26)/b10-8+. The lowest BCUT2D eigenvalue weighted by atomic mass is 10.1. The maximum atomic E-state index is 12.3. The van der Waals surface area contributed by atoms with E-state index in [9.17, 15) is 24.5 Å². The smallest absolute Gasteiger partial charge is 0.331 e. The normalized spacial score (nSPS) is 11.5. The summed E-state index contributed by atoms with van der Waals surface area (Å²) in [6, 6.07) is 11.4. The molecule has 2 aromatic carbocycles. The van der Waals surface area contributed by atoms with Crippen molar-refractivity contribution in [2.24, 2.45) is 0 Å². The van der Waals surface area contributed by atoms with Crippen LogP contribution in [0.1, 0.15) is 17.2 Å².